The van der Waals surface area contributed by atoms with Gasteiger partial charge in [-0.15, -0.1) is 0 Å². The Morgan fingerprint density at radius 3 is 2.58 bits per heavy atom. The number of benzene rings is 1. The van der Waals surface area contributed by atoms with Crippen LogP contribution in [0.25, 0.3) is 0 Å². The molecule has 0 aliphatic carbocycles. The van der Waals surface area contributed by atoms with Crippen molar-refractivity contribution in [2.75, 3.05) is 14.2 Å². The van der Waals surface area contributed by atoms with E-state index in [9.17, 15) is 9.59 Å². The van der Waals surface area contributed by atoms with E-state index in [1.165, 1.54) is 14.2 Å². The highest BCUT2D eigenvalue weighted by molar-refractivity contribution is 5.82. The Bertz CT molecular complexity index is 510. The quantitative estimate of drug-likeness (QED) is 0.829. The van der Waals surface area contributed by atoms with E-state index in [0.29, 0.717) is 17.1 Å². The molecule has 1 N–H and O–H groups in total. The molecule has 19 heavy (non-hydrogen) atoms. The van der Waals surface area contributed by atoms with E-state index in [4.69, 9.17) is 19.3 Å². The van der Waals surface area contributed by atoms with Crippen molar-refractivity contribution in [3.8, 4) is 11.5 Å². The zero-order valence-corrected chi connectivity index (χ0v) is 10.6. The average molecular weight is 266 g/mol. The summed E-state index contributed by atoms with van der Waals surface area (Å²) in [4.78, 5) is 22.4. The van der Waals surface area contributed by atoms with Crippen LogP contribution in [0, 0.1) is 5.92 Å². The van der Waals surface area contributed by atoms with Gasteiger partial charge >= 0.3 is 11.9 Å². The highest BCUT2D eigenvalue weighted by Crippen LogP contribution is 2.39. The van der Waals surface area contributed by atoms with E-state index >= 15 is 0 Å². The van der Waals surface area contributed by atoms with Crippen molar-refractivity contribution >= 4 is 11.9 Å². The topological polar surface area (TPSA) is 82.1 Å². The van der Waals surface area contributed by atoms with Gasteiger partial charge in [0.05, 0.1) is 20.6 Å². The number of rotatable bonds is 4. The third-order valence-electron chi connectivity index (χ3n) is 3.06. The van der Waals surface area contributed by atoms with Crippen LogP contribution in [0.4, 0.5) is 0 Å². The van der Waals surface area contributed by atoms with Gasteiger partial charge in [-0.1, -0.05) is 6.07 Å². The summed E-state index contributed by atoms with van der Waals surface area (Å²) in [5, 5.41) is 9.10. The molecule has 0 unspecified atom stereocenters. The highest BCUT2D eigenvalue weighted by atomic mass is 16.6. The van der Waals surface area contributed by atoms with Crippen LogP contribution in [0.1, 0.15) is 18.1 Å². The van der Waals surface area contributed by atoms with Crippen LogP contribution in [0.15, 0.2) is 18.2 Å². The molecule has 0 bridgehead atoms. The molecule has 1 saturated heterocycles. The maximum Gasteiger partial charge on any atom is 0.311 e. The fourth-order valence-corrected chi connectivity index (χ4v) is 2.11. The van der Waals surface area contributed by atoms with Crippen molar-refractivity contribution in [3.05, 3.63) is 23.8 Å². The first-order chi connectivity index (χ1) is 9.06. The number of esters is 1. The molecular formula is C13H14O6. The number of carbonyl (C=O) groups is 2. The van der Waals surface area contributed by atoms with Gasteiger partial charge in [-0.3, -0.25) is 9.59 Å². The van der Waals surface area contributed by atoms with Crippen LogP contribution in [-0.4, -0.2) is 31.3 Å². The zero-order chi connectivity index (χ0) is 14.0. The molecule has 2 atom stereocenters. The monoisotopic (exact) mass is 266 g/mol. The molecule has 1 aromatic carbocycles. The Hall–Kier alpha value is -2.24. The molecule has 0 amide bonds. The van der Waals surface area contributed by atoms with Crippen LogP contribution in [-0.2, 0) is 14.3 Å². The molecule has 6 heteroatoms. The number of carboxylic acids is 1. The number of cyclic esters (lactones) is 1. The summed E-state index contributed by atoms with van der Waals surface area (Å²) in [5.74, 6) is -1.43. The van der Waals surface area contributed by atoms with E-state index in [-0.39, 0.29) is 6.42 Å². The van der Waals surface area contributed by atoms with Crippen molar-refractivity contribution in [2.24, 2.45) is 5.92 Å². The first kappa shape index (κ1) is 13.2. The van der Waals surface area contributed by atoms with Gasteiger partial charge in [0, 0.05) is 0 Å². The van der Waals surface area contributed by atoms with Crippen LogP contribution >= 0.6 is 0 Å². The standard InChI is InChI=1S/C13H14O6/c1-17-9-4-3-7(5-10(9)18-2)12-8(13(15)16)6-11(14)19-12/h3-5,8,12H,6H2,1-2H3,(H,15,16)/t8-,12-/m1/s1. The van der Waals surface area contributed by atoms with Gasteiger partial charge in [-0.05, 0) is 17.7 Å². The first-order valence-electron chi connectivity index (χ1n) is 5.71. The van der Waals surface area contributed by atoms with Gasteiger partial charge in [0.25, 0.3) is 0 Å². The Morgan fingerprint density at radius 1 is 1.32 bits per heavy atom. The minimum atomic E-state index is -1.05. The lowest BCUT2D eigenvalue weighted by Gasteiger charge is -2.16. The maximum atomic E-state index is 11.3. The van der Waals surface area contributed by atoms with Crippen LogP contribution in [0.3, 0.4) is 0 Å². The molecule has 2 rings (SSSR count). The summed E-state index contributed by atoms with van der Waals surface area (Å²) < 4.78 is 15.3. The van der Waals surface area contributed by atoms with Gasteiger partial charge in [-0.2, -0.15) is 0 Å². The molecule has 6 nitrogen and oxygen atoms in total. The van der Waals surface area contributed by atoms with Crippen molar-refractivity contribution in [2.45, 2.75) is 12.5 Å². The summed E-state index contributed by atoms with van der Waals surface area (Å²) in [5.41, 5.74) is 0.580. The minimum Gasteiger partial charge on any atom is -0.493 e. The third kappa shape index (κ3) is 2.47. The number of methoxy groups -OCH3 is 2. The molecule has 1 aliphatic heterocycles. The van der Waals surface area contributed by atoms with E-state index < -0.39 is 24.0 Å². The highest BCUT2D eigenvalue weighted by Gasteiger charge is 2.41. The van der Waals surface area contributed by atoms with Crippen LogP contribution in [0.5, 0.6) is 11.5 Å². The lowest BCUT2D eigenvalue weighted by Crippen LogP contribution is -2.17. The van der Waals surface area contributed by atoms with E-state index in [1.807, 2.05) is 0 Å². The molecule has 1 aromatic rings. The van der Waals surface area contributed by atoms with Crippen molar-refractivity contribution < 1.29 is 28.9 Å². The fourth-order valence-electron chi connectivity index (χ4n) is 2.11. The Balaban J connectivity index is 2.35. The summed E-state index contributed by atoms with van der Waals surface area (Å²) in [6, 6.07) is 4.94. The Labute approximate surface area is 109 Å². The predicted molar refractivity (Wildman–Crippen MR) is 64.1 cm³/mol. The van der Waals surface area contributed by atoms with Crippen LogP contribution < -0.4 is 9.47 Å². The number of carbonyl (C=O) groups excluding carboxylic acids is 1. The van der Waals surface area contributed by atoms with Crippen molar-refractivity contribution in [1.29, 1.82) is 0 Å². The number of hydrogen-bond acceptors (Lipinski definition) is 5. The minimum absolute atomic E-state index is 0.117. The molecule has 1 fully saturated rings. The number of carboxylic acid groups (broad SMARTS) is 1. The van der Waals surface area contributed by atoms with Gasteiger partial charge in [0.1, 0.15) is 12.0 Å². The van der Waals surface area contributed by atoms with E-state index in [1.54, 1.807) is 18.2 Å². The lowest BCUT2D eigenvalue weighted by molar-refractivity contribution is -0.144. The Morgan fingerprint density at radius 2 is 2.00 bits per heavy atom. The summed E-state index contributed by atoms with van der Waals surface area (Å²) in [7, 11) is 2.99. The van der Waals surface area contributed by atoms with Gasteiger partial charge in [0.15, 0.2) is 11.5 Å². The zero-order valence-electron chi connectivity index (χ0n) is 10.6. The second-order valence-electron chi connectivity index (χ2n) is 4.17. The molecule has 0 saturated carbocycles. The predicted octanol–water partition coefficient (Wildman–Crippen LogP) is 1.39. The maximum absolute atomic E-state index is 11.3. The molecule has 1 aliphatic rings. The van der Waals surface area contributed by atoms with Gasteiger partial charge in [0.2, 0.25) is 0 Å². The number of hydrogen-bond donors (Lipinski definition) is 1. The molecule has 102 valence electrons. The summed E-state index contributed by atoms with van der Waals surface area (Å²) >= 11 is 0. The van der Waals surface area contributed by atoms with E-state index in [2.05, 4.69) is 0 Å². The van der Waals surface area contributed by atoms with Crippen molar-refractivity contribution in [3.63, 3.8) is 0 Å². The second kappa shape index (κ2) is 5.17. The number of aliphatic carboxylic acids is 1. The van der Waals surface area contributed by atoms with Crippen molar-refractivity contribution in [1.82, 2.24) is 0 Å². The largest absolute Gasteiger partial charge is 0.493 e. The summed E-state index contributed by atoms with van der Waals surface area (Å²) in [6.07, 6.45) is -0.904. The molecule has 0 aromatic heterocycles. The molecule has 0 spiro atoms. The van der Waals surface area contributed by atoms with Gasteiger partial charge in [-0.25, -0.2) is 0 Å². The third-order valence-corrected chi connectivity index (χ3v) is 3.06. The second-order valence-corrected chi connectivity index (χ2v) is 4.17. The molecular weight excluding hydrogens is 252 g/mol. The molecule has 1 heterocycles. The lowest BCUT2D eigenvalue weighted by atomic mass is 9.95. The Kier molecular flexibility index (Phi) is 3.59. The smallest absolute Gasteiger partial charge is 0.311 e. The average Bonchev–Trinajstić information content (AvgIpc) is 2.80. The SMILES string of the molecule is COc1ccc([C@H]2OC(=O)C[C@H]2C(=O)O)cc1OC. The van der Waals surface area contributed by atoms with E-state index in [0.717, 1.165) is 0 Å². The number of ether oxygens (including phenoxy) is 3. The first-order valence-corrected chi connectivity index (χ1v) is 5.71. The normalized spacial score (nSPS) is 21.9. The summed E-state index contributed by atoms with van der Waals surface area (Å²) in [6.45, 7) is 0. The van der Waals surface area contributed by atoms with Gasteiger partial charge < -0.3 is 19.3 Å². The fraction of sp³-hybridized carbons (Fsp3) is 0.385. The molecule has 0 radical (unpaired) electrons. The van der Waals surface area contributed by atoms with Crippen LogP contribution in [0.2, 0.25) is 0 Å².